The van der Waals surface area contributed by atoms with Crippen LogP contribution in [0.2, 0.25) is 0 Å². The summed E-state index contributed by atoms with van der Waals surface area (Å²) in [6.45, 7) is 4.98. The smallest absolute Gasteiger partial charge is 0.0975 e. The molecular formula is C10H18N2O. The Morgan fingerprint density at radius 3 is 3.00 bits per heavy atom. The second-order valence-electron chi connectivity index (χ2n) is 3.66. The molecule has 3 nitrogen and oxygen atoms in total. The Morgan fingerprint density at radius 2 is 2.46 bits per heavy atom. The first-order valence-corrected chi connectivity index (χ1v) is 4.94. The highest BCUT2D eigenvalue weighted by molar-refractivity contribution is 4.93. The number of rotatable bonds is 4. The summed E-state index contributed by atoms with van der Waals surface area (Å²) in [7, 11) is 1.74. The minimum absolute atomic E-state index is 0.113. The lowest BCUT2D eigenvalue weighted by atomic mass is 10.1. The monoisotopic (exact) mass is 182 g/mol. The lowest BCUT2D eigenvalue weighted by Crippen LogP contribution is -2.32. The van der Waals surface area contributed by atoms with Crippen LogP contribution in [0.1, 0.15) is 19.8 Å². The van der Waals surface area contributed by atoms with Gasteiger partial charge in [0.05, 0.1) is 18.7 Å². The first-order valence-electron chi connectivity index (χ1n) is 4.94. The molecule has 1 fully saturated rings. The average Bonchev–Trinajstić information content (AvgIpc) is 2.56. The summed E-state index contributed by atoms with van der Waals surface area (Å²) >= 11 is 0. The third-order valence-electron chi connectivity index (χ3n) is 2.70. The highest BCUT2D eigenvalue weighted by atomic mass is 16.5. The van der Waals surface area contributed by atoms with E-state index in [2.05, 4.69) is 17.9 Å². The quantitative estimate of drug-likeness (QED) is 0.656. The molecule has 0 N–H and O–H groups in total. The van der Waals surface area contributed by atoms with Crippen LogP contribution in [0.5, 0.6) is 0 Å². The van der Waals surface area contributed by atoms with Gasteiger partial charge in [-0.15, -0.1) is 0 Å². The van der Waals surface area contributed by atoms with Crippen molar-refractivity contribution in [2.24, 2.45) is 5.92 Å². The van der Waals surface area contributed by atoms with Crippen LogP contribution in [0.25, 0.3) is 0 Å². The molecule has 0 aromatic heterocycles. The highest BCUT2D eigenvalue weighted by Crippen LogP contribution is 2.19. The van der Waals surface area contributed by atoms with Crippen molar-refractivity contribution in [2.45, 2.75) is 25.8 Å². The fraction of sp³-hybridized carbons (Fsp3) is 0.900. The van der Waals surface area contributed by atoms with E-state index >= 15 is 0 Å². The minimum Gasteiger partial charge on any atom is -0.384 e. The van der Waals surface area contributed by atoms with Gasteiger partial charge in [0, 0.05) is 13.7 Å². The van der Waals surface area contributed by atoms with Gasteiger partial charge < -0.3 is 4.74 Å². The molecule has 0 saturated carbocycles. The number of nitrogens with zero attached hydrogens (tertiary/aromatic N) is 2. The summed E-state index contributed by atoms with van der Waals surface area (Å²) in [5.74, 6) is 0.632. The SMILES string of the molecule is CCC(C#N)N1CCC(COC)C1. The van der Waals surface area contributed by atoms with Crippen LogP contribution in [0.15, 0.2) is 0 Å². The topological polar surface area (TPSA) is 36.3 Å². The molecule has 1 aliphatic heterocycles. The maximum absolute atomic E-state index is 8.88. The van der Waals surface area contributed by atoms with E-state index in [4.69, 9.17) is 10.00 Å². The van der Waals surface area contributed by atoms with Crippen LogP contribution in [0.3, 0.4) is 0 Å². The first-order chi connectivity index (χ1) is 6.31. The summed E-state index contributed by atoms with van der Waals surface area (Å²) in [5.41, 5.74) is 0. The molecule has 0 bridgehead atoms. The molecule has 3 heteroatoms. The Labute approximate surface area is 80.3 Å². The number of hydrogen-bond acceptors (Lipinski definition) is 3. The van der Waals surface area contributed by atoms with Crippen LogP contribution in [-0.4, -0.2) is 37.7 Å². The average molecular weight is 182 g/mol. The lowest BCUT2D eigenvalue weighted by molar-refractivity contribution is 0.150. The predicted molar refractivity (Wildman–Crippen MR) is 51.2 cm³/mol. The van der Waals surface area contributed by atoms with Gasteiger partial charge in [-0.25, -0.2) is 0 Å². The van der Waals surface area contributed by atoms with Crippen molar-refractivity contribution in [3.63, 3.8) is 0 Å². The van der Waals surface area contributed by atoms with Crippen LogP contribution in [0, 0.1) is 17.2 Å². The zero-order valence-electron chi connectivity index (χ0n) is 8.49. The zero-order chi connectivity index (χ0) is 9.68. The molecule has 0 aromatic carbocycles. The molecule has 1 aliphatic rings. The van der Waals surface area contributed by atoms with Gasteiger partial charge in [0.25, 0.3) is 0 Å². The van der Waals surface area contributed by atoms with Gasteiger partial charge in [0.15, 0.2) is 0 Å². The highest BCUT2D eigenvalue weighted by Gasteiger charge is 2.26. The number of likely N-dealkylation sites (tertiary alicyclic amines) is 1. The molecule has 1 heterocycles. The first kappa shape index (κ1) is 10.5. The summed E-state index contributed by atoms with van der Waals surface area (Å²) in [4.78, 5) is 2.27. The molecule has 0 amide bonds. The fourth-order valence-corrected chi connectivity index (χ4v) is 1.95. The molecule has 74 valence electrons. The summed E-state index contributed by atoms with van der Waals surface area (Å²) < 4.78 is 5.11. The van der Waals surface area contributed by atoms with E-state index in [1.165, 1.54) is 6.42 Å². The van der Waals surface area contributed by atoms with Crippen molar-refractivity contribution in [3.05, 3.63) is 0 Å². The van der Waals surface area contributed by atoms with Gasteiger partial charge in [-0.2, -0.15) is 5.26 Å². The van der Waals surface area contributed by atoms with E-state index in [0.717, 1.165) is 26.1 Å². The Kier molecular flexibility index (Phi) is 4.20. The Hall–Kier alpha value is -0.590. The van der Waals surface area contributed by atoms with Gasteiger partial charge >= 0.3 is 0 Å². The van der Waals surface area contributed by atoms with Crippen LogP contribution in [-0.2, 0) is 4.74 Å². The van der Waals surface area contributed by atoms with Gasteiger partial charge in [-0.3, -0.25) is 4.90 Å². The van der Waals surface area contributed by atoms with Crippen LogP contribution in [0.4, 0.5) is 0 Å². The van der Waals surface area contributed by atoms with E-state index in [9.17, 15) is 0 Å². The maximum atomic E-state index is 8.88. The summed E-state index contributed by atoms with van der Waals surface area (Å²) in [6.07, 6.45) is 2.10. The molecule has 13 heavy (non-hydrogen) atoms. The largest absolute Gasteiger partial charge is 0.384 e. The van der Waals surface area contributed by atoms with Crippen molar-refractivity contribution in [1.29, 1.82) is 5.26 Å². The second kappa shape index (κ2) is 5.21. The van der Waals surface area contributed by atoms with Crippen molar-refractivity contribution < 1.29 is 4.74 Å². The summed E-state index contributed by atoms with van der Waals surface area (Å²) in [5, 5.41) is 8.88. The van der Waals surface area contributed by atoms with Gasteiger partial charge in [0.1, 0.15) is 0 Å². The molecule has 2 atom stereocenters. The van der Waals surface area contributed by atoms with E-state index in [1.807, 2.05) is 0 Å². The van der Waals surface area contributed by atoms with Crippen molar-refractivity contribution in [3.8, 4) is 6.07 Å². The molecule has 0 spiro atoms. The van der Waals surface area contributed by atoms with Gasteiger partial charge in [-0.1, -0.05) is 6.92 Å². The third-order valence-corrected chi connectivity index (χ3v) is 2.70. The van der Waals surface area contributed by atoms with Gasteiger partial charge in [0.2, 0.25) is 0 Å². The van der Waals surface area contributed by atoms with Crippen LogP contribution >= 0.6 is 0 Å². The lowest BCUT2D eigenvalue weighted by Gasteiger charge is -2.20. The Balaban J connectivity index is 2.36. The fourth-order valence-electron chi connectivity index (χ4n) is 1.95. The molecule has 0 aliphatic carbocycles. The van der Waals surface area contributed by atoms with Crippen molar-refractivity contribution in [1.82, 2.24) is 4.90 Å². The van der Waals surface area contributed by atoms with E-state index in [0.29, 0.717) is 5.92 Å². The number of nitriles is 1. The Bertz CT molecular complexity index is 188. The number of methoxy groups -OCH3 is 1. The second-order valence-corrected chi connectivity index (χ2v) is 3.66. The molecule has 0 radical (unpaired) electrons. The van der Waals surface area contributed by atoms with Crippen LogP contribution < -0.4 is 0 Å². The molecule has 0 aromatic rings. The normalized spacial score (nSPS) is 25.8. The third kappa shape index (κ3) is 2.68. The summed E-state index contributed by atoms with van der Waals surface area (Å²) in [6, 6.07) is 2.45. The molecular weight excluding hydrogens is 164 g/mol. The molecule has 1 saturated heterocycles. The standard InChI is InChI=1S/C10H18N2O/c1-3-10(6-11)12-5-4-9(7-12)8-13-2/h9-10H,3-5,7-8H2,1-2H3. The number of hydrogen-bond donors (Lipinski definition) is 0. The van der Waals surface area contributed by atoms with Crippen molar-refractivity contribution in [2.75, 3.05) is 26.8 Å². The van der Waals surface area contributed by atoms with E-state index < -0.39 is 0 Å². The molecule has 1 rings (SSSR count). The number of ether oxygens (including phenoxy) is 1. The van der Waals surface area contributed by atoms with Gasteiger partial charge in [-0.05, 0) is 25.3 Å². The Morgan fingerprint density at radius 1 is 1.69 bits per heavy atom. The van der Waals surface area contributed by atoms with Crippen molar-refractivity contribution >= 4 is 0 Å². The van der Waals surface area contributed by atoms with E-state index in [-0.39, 0.29) is 6.04 Å². The van der Waals surface area contributed by atoms with E-state index in [1.54, 1.807) is 7.11 Å². The zero-order valence-corrected chi connectivity index (χ0v) is 8.49. The maximum Gasteiger partial charge on any atom is 0.0975 e. The molecule has 2 unspecified atom stereocenters. The predicted octanol–water partition coefficient (Wildman–Crippen LogP) is 1.26. The minimum atomic E-state index is 0.113.